The van der Waals surface area contributed by atoms with Gasteiger partial charge in [-0.1, -0.05) is 43.2 Å². The fourth-order valence-electron chi connectivity index (χ4n) is 2.65. The lowest BCUT2D eigenvalue weighted by Gasteiger charge is -2.27. The van der Waals surface area contributed by atoms with Gasteiger partial charge in [0.2, 0.25) is 5.91 Å². The molecule has 1 saturated carbocycles. The number of hydrogen-bond acceptors (Lipinski definition) is 2. The molecule has 1 amide bonds. The fraction of sp³-hybridized carbons (Fsp3) is 0.467. The van der Waals surface area contributed by atoms with Crippen LogP contribution < -0.4 is 0 Å². The average molecular weight is 261 g/mol. The Kier molecular flexibility index (Phi) is 4.55. The molecule has 0 radical (unpaired) electrons. The van der Waals surface area contributed by atoms with Crippen molar-refractivity contribution in [3.05, 3.63) is 35.9 Å². The maximum Gasteiger partial charge on any atom is 0.323 e. The minimum absolute atomic E-state index is 0.0829. The van der Waals surface area contributed by atoms with E-state index in [1.165, 1.54) is 0 Å². The van der Waals surface area contributed by atoms with Crippen molar-refractivity contribution >= 4 is 11.9 Å². The largest absolute Gasteiger partial charge is 0.480 e. The molecule has 1 aromatic carbocycles. The normalized spacial score (nSPS) is 15.4. The molecule has 0 saturated heterocycles. The third kappa shape index (κ3) is 3.81. The van der Waals surface area contributed by atoms with E-state index in [-0.39, 0.29) is 24.9 Å². The Bertz CT molecular complexity index is 438. The molecule has 0 aliphatic heterocycles. The second-order valence-corrected chi connectivity index (χ2v) is 5.02. The first-order valence-electron chi connectivity index (χ1n) is 6.72. The van der Waals surface area contributed by atoms with Gasteiger partial charge in [-0.15, -0.1) is 0 Å². The second kappa shape index (κ2) is 6.36. The first-order chi connectivity index (χ1) is 9.16. The Hall–Kier alpha value is -1.84. The Morgan fingerprint density at radius 1 is 1.16 bits per heavy atom. The molecular formula is C15H19NO3. The van der Waals surface area contributed by atoms with Crippen LogP contribution in [0.4, 0.5) is 0 Å². The van der Waals surface area contributed by atoms with Gasteiger partial charge in [0.1, 0.15) is 6.54 Å². The van der Waals surface area contributed by atoms with Gasteiger partial charge >= 0.3 is 5.97 Å². The predicted molar refractivity (Wildman–Crippen MR) is 71.8 cm³/mol. The van der Waals surface area contributed by atoms with Crippen molar-refractivity contribution in [2.24, 2.45) is 0 Å². The summed E-state index contributed by atoms with van der Waals surface area (Å²) in [4.78, 5) is 24.8. The van der Waals surface area contributed by atoms with Gasteiger partial charge in [-0.25, -0.2) is 0 Å². The van der Waals surface area contributed by atoms with Gasteiger partial charge in [-0.3, -0.25) is 9.59 Å². The molecule has 1 aliphatic carbocycles. The zero-order chi connectivity index (χ0) is 13.7. The number of benzene rings is 1. The Labute approximate surface area is 113 Å². The van der Waals surface area contributed by atoms with E-state index in [2.05, 4.69) is 0 Å². The van der Waals surface area contributed by atoms with Crippen molar-refractivity contribution < 1.29 is 14.7 Å². The van der Waals surface area contributed by atoms with Crippen LogP contribution in [0, 0.1) is 0 Å². The standard InChI is InChI=1S/C15H19NO3/c17-14(10-12-6-2-1-3-7-12)16(11-15(18)19)13-8-4-5-9-13/h1-3,6-7,13H,4-5,8-11H2,(H,18,19). The maximum atomic E-state index is 12.3. The van der Waals surface area contributed by atoms with Gasteiger partial charge in [-0.2, -0.15) is 0 Å². The van der Waals surface area contributed by atoms with Crippen LogP contribution in [-0.4, -0.2) is 34.5 Å². The second-order valence-electron chi connectivity index (χ2n) is 5.02. The predicted octanol–water partition coefficient (Wildman–Crippen LogP) is 2.08. The molecule has 1 N–H and O–H groups in total. The Balaban J connectivity index is 2.04. The van der Waals surface area contributed by atoms with Crippen LogP contribution in [0.15, 0.2) is 30.3 Å². The monoisotopic (exact) mass is 261 g/mol. The summed E-state index contributed by atoms with van der Waals surface area (Å²) >= 11 is 0. The van der Waals surface area contributed by atoms with Crippen molar-refractivity contribution in [2.75, 3.05) is 6.54 Å². The maximum absolute atomic E-state index is 12.3. The van der Waals surface area contributed by atoms with Crippen molar-refractivity contribution in [3.8, 4) is 0 Å². The molecule has 0 aromatic heterocycles. The lowest BCUT2D eigenvalue weighted by molar-refractivity contribution is -0.145. The number of carboxylic acid groups (broad SMARTS) is 1. The molecule has 0 atom stereocenters. The quantitative estimate of drug-likeness (QED) is 0.883. The van der Waals surface area contributed by atoms with Gasteiger partial charge in [0.15, 0.2) is 0 Å². The topological polar surface area (TPSA) is 57.6 Å². The highest BCUT2D eigenvalue weighted by atomic mass is 16.4. The summed E-state index contributed by atoms with van der Waals surface area (Å²) in [5, 5.41) is 8.97. The molecule has 19 heavy (non-hydrogen) atoms. The third-order valence-electron chi connectivity index (χ3n) is 3.59. The highest BCUT2D eigenvalue weighted by molar-refractivity contribution is 5.83. The third-order valence-corrected chi connectivity index (χ3v) is 3.59. The number of carbonyl (C=O) groups excluding carboxylic acids is 1. The summed E-state index contributed by atoms with van der Waals surface area (Å²) in [5.41, 5.74) is 0.931. The Morgan fingerprint density at radius 3 is 2.37 bits per heavy atom. The van der Waals surface area contributed by atoms with Crippen LogP contribution >= 0.6 is 0 Å². The molecule has 102 valence electrons. The summed E-state index contributed by atoms with van der Waals surface area (Å²) in [7, 11) is 0. The number of nitrogens with zero attached hydrogens (tertiary/aromatic N) is 1. The van der Waals surface area contributed by atoms with Crippen molar-refractivity contribution in [2.45, 2.75) is 38.1 Å². The number of aliphatic carboxylic acids is 1. The van der Waals surface area contributed by atoms with Gasteiger partial charge in [0.05, 0.1) is 6.42 Å². The van der Waals surface area contributed by atoms with Crippen molar-refractivity contribution in [3.63, 3.8) is 0 Å². The van der Waals surface area contributed by atoms with E-state index in [0.717, 1.165) is 31.2 Å². The van der Waals surface area contributed by atoms with Crippen LogP contribution in [0.5, 0.6) is 0 Å². The molecule has 2 rings (SSSR count). The number of carbonyl (C=O) groups is 2. The summed E-state index contributed by atoms with van der Waals surface area (Å²) in [6.45, 7) is -0.184. The zero-order valence-corrected chi connectivity index (χ0v) is 10.9. The number of rotatable bonds is 5. The van der Waals surface area contributed by atoms with Gasteiger partial charge in [-0.05, 0) is 18.4 Å². The summed E-state index contributed by atoms with van der Waals surface area (Å²) in [5.74, 6) is -1.02. The minimum atomic E-state index is -0.937. The zero-order valence-electron chi connectivity index (χ0n) is 10.9. The van der Waals surface area contributed by atoms with Crippen molar-refractivity contribution in [1.29, 1.82) is 0 Å². The molecule has 1 fully saturated rings. The van der Waals surface area contributed by atoms with Crippen LogP contribution in [-0.2, 0) is 16.0 Å². The van der Waals surface area contributed by atoms with Gasteiger partial charge in [0.25, 0.3) is 0 Å². The highest BCUT2D eigenvalue weighted by Crippen LogP contribution is 2.24. The number of amides is 1. The SMILES string of the molecule is O=C(O)CN(C(=O)Cc1ccccc1)C1CCCC1. The minimum Gasteiger partial charge on any atom is -0.480 e. The fourth-order valence-corrected chi connectivity index (χ4v) is 2.65. The van der Waals surface area contributed by atoms with E-state index in [1.54, 1.807) is 4.90 Å². The highest BCUT2D eigenvalue weighted by Gasteiger charge is 2.28. The summed E-state index contributed by atoms with van der Waals surface area (Å²) < 4.78 is 0. The first-order valence-corrected chi connectivity index (χ1v) is 6.72. The summed E-state index contributed by atoms with van der Waals surface area (Å²) in [6, 6.07) is 9.57. The number of carboxylic acids is 1. The molecule has 1 aliphatic rings. The van der Waals surface area contributed by atoms with E-state index < -0.39 is 5.97 Å². The smallest absolute Gasteiger partial charge is 0.323 e. The number of hydrogen-bond donors (Lipinski definition) is 1. The van der Waals surface area contributed by atoms with Crippen LogP contribution in [0.1, 0.15) is 31.2 Å². The molecule has 0 unspecified atom stereocenters. The summed E-state index contributed by atoms with van der Waals surface area (Å²) in [6.07, 6.45) is 4.30. The van der Waals surface area contributed by atoms with Crippen LogP contribution in [0.25, 0.3) is 0 Å². The Morgan fingerprint density at radius 2 is 1.79 bits per heavy atom. The molecule has 0 spiro atoms. The molecule has 0 heterocycles. The molecule has 1 aromatic rings. The van der Waals surface area contributed by atoms with E-state index in [1.807, 2.05) is 30.3 Å². The van der Waals surface area contributed by atoms with Gasteiger partial charge < -0.3 is 10.0 Å². The van der Waals surface area contributed by atoms with E-state index in [9.17, 15) is 9.59 Å². The lowest BCUT2D eigenvalue weighted by Crippen LogP contribution is -2.43. The molecule has 4 nitrogen and oxygen atoms in total. The first kappa shape index (κ1) is 13.6. The van der Waals surface area contributed by atoms with E-state index >= 15 is 0 Å². The lowest BCUT2D eigenvalue weighted by atomic mass is 10.1. The molecular weight excluding hydrogens is 242 g/mol. The van der Waals surface area contributed by atoms with Gasteiger partial charge in [0, 0.05) is 6.04 Å². The van der Waals surface area contributed by atoms with E-state index in [4.69, 9.17) is 5.11 Å². The average Bonchev–Trinajstić information content (AvgIpc) is 2.90. The van der Waals surface area contributed by atoms with Crippen LogP contribution in [0.2, 0.25) is 0 Å². The van der Waals surface area contributed by atoms with Crippen molar-refractivity contribution in [1.82, 2.24) is 4.90 Å². The molecule has 0 bridgehead atoms. The van der Waals surface area contributed by atoms with E-state index in [0.29, 0.717) is 0 Å². The molecule has 4 heteroatoms. The van der Waals surface area contributed by atoms with Crippen LogP contribution in [0.3, 0.4) is 0 Å².